The van der Waals surface area contributed by atoms with Crippen LogP contribution >= 0.6 is 0 Å². The van der Waals surface area contributed by atoms with Gasteiger partial charge in [-0.15, -0.1) is 0 Å². The van der Waals surface area contributed by atoms with Crippen molar-refractivity contribution in [1.29, 1.82) is 0 Å². The van der Waals surface area contributed by atoms with E-state index in [0.29, 0.717) is 12.2 Å². The van der Waals surface area contributed by atoms with Gasteiger partial charge in [-0.1, -0.05) is 38.1 Å². The molecule has 0 aliphatic heterocycles. The van der Waals surface area contributed by atoms with Crippen LogP contribution in [-0.4, -0.2) is 25.2 Å². The number of ether oxygens (including phenoxy) is 2. The lowest BCUT2D eigenvalue weighted by Crippen LogP contribution is -2.15. The van der Waals surface area contributed by atoms with Gasteiger partial charge in [0.25, 0.3) is 0 Å². The zero-order valence-electron chi connectivity index (χ0n) is 11.1. The number of hydrogen-bond acceptors (Lipinski definition) is 4. The van der Waals surface area contributed by atoms with Crippen molar-refractivity contribution in [2.75, 3.05) is 13.2 Å². The molecule has 1 rings (SSSR count). The fourth-order valence-corrected chi connectivity index (χ4v) is 1.28. The van der Waals surface area contributed by atoms with Gasteiger partial charge in [0.05, 0.1) is 17.7 Å². The van der Waals surface area contributed by atoms with E-state index in [1.807, 2.05) is 6.92 Å². The number of carbonyl (C=O) groups excluding carboxylic acids is 2. The Hall–Kier alpha value is -2.10. The summed E-state index contributed by atoms with van der Waals surface area (Å²) >= 11 is 0. The van der Waals surface area contributed by atoms with Crippen molar-refractivity contribution in [3.63, 3.8) is 0 Å². The molecule has 0 unspecified atom stereocenters. The monoisotopic (exact) mass is 262 g/mol. The summed E-state index contributed by atoms with van der Waals surface area (Å²) in [5.41, 5.74) is 0.579. The summed E-state index contributed by atoms with van der Waals surface area (Å²) < 4.78 is 9.93. The molecule has 0 saturated carbocycles. The fourth-order valence-electron chi connectivity index (χ4n) is 1.28. The third kappa shape index (κ3) is 5.38. The predicted molar refractivity (Wildman–Crippen MR) is 71.7 cm³/mol. The van der Waals surface area contributed by atoms with Crippen LogP contribution in [0.2, 0.25) is 0 Å². The Labute approximate surface area is 113 Å². The van der Waals surface area contributed by atoms with Crippen LogP contribution in [0.25, 0.3) is 0 Å². The van der Waals surface area contributed by atoms with Gasteiger partial charge in [-0.3, -0.25) is 0 Å². The molecule has 0 N–H and O–H groups in total. The molecular weight excluding hydrogens is 244 g/mol. The molecule has 0 aliphatic carbocycles. The zero-order valence-corrected chi connectivity index (χ0v) is 11.1. The third-order valence-electron chi connectivity index (χ3n) is 2.41. The van der Waals surface area contributed by atoms with E-state index in [-0.39, 0.29) is 12.2 Å². The lowest BCUT2D eigenvalue weighted by Gasteiger charge is -2.07. The Bertz CT molecular complexity index is 437. The van der Waals surface area contributed by atoms with Gasteiger partial charge < -0.3 is 9.47 Å². The third-order valence-corrected chi connectivity index (χ3v) is 2.41. The molecule has 0 amide bonds. The largest absolute Gasteiger partial charge is 0.462 e. The predicted octanol–water partition coefficient (Wildman–Crippen LogP) is 2.74. The van der Waals surface area contributed by atoms with Crippen LogP contribution in [0, 0.1) is 0 Å². The van der Waals surface area contributed by atoms with Gasteiger partial charge in [0.15, 0.2) is 0 Å². The fraction of sp³-hybridized carbons (Fsp3) is 0.333. The molecule has 0 aliphatic rings. The van der Waals surface area contributed by atoms with E-state index in [4.69, 9.17) is 9.47 Å². The van der Waals surface area contributed by atoms with Gasteiger partial charge in [-0.05, 0) is 18.6 Å². The summed E-state index contributed by atoms with van der Waals surface area (Å²) in [6, 6.07) is 8.57. The number of unbranched alkanes of at least 4 members (excludes halogenated alkanes) is 1. The van der Waals surface area contributed by atoms with E-state index in [1.54, 1.807) is 30.3 Å². The van der Waals surface area contributed by atoms with Crippen molar-refractivity contribution < 1.29 is 19.1 Å². The smallest absolute Gasteiger partial charge is 0.338 e. The Kier molecular flexibility index (Phi) is 6.36. The lowest BCUT2D eigenvalue weighted by atomic mass is 10.2. The molecule has 4 nitrogen and oxygen atoms in total. The van der Waals surface area contributed by atoms with Crippen LogP contribution in [0.4, 0.5) is 0 Å². The summed E-state index contributed by atoms with van der Waals surface area (Å²) in [4.78, 5) is 23.1. The van der Waals surface area contributed by atoms with Crippen molar-refractivity contribution in [3.05, 3.63) is 48.0 Å². The zero-order chi connectivity index (χ0) is 14.1. The van der Waals surface area contributed by atoms with Gasteiger partial charge in [0.2, 0.25) is 0 Å². The first-order valence-electron chi connectivity index (χ1n) is 6.22. The van der Waals surface area contributed by atoms with E-state index in [2.05, 4.69) is 6.58 Å². The minimum absolute atomic E-state index is 0.139. The van der Waals surface area contributed by atoms with Crippen LogP contribution in [0.15, 0.2) is 42.5 Å². The topological polar surface area (TPSA) is 52.6 Å². The van der Waals surface area contributed by atoms with E-state index in [1.165, 1.54) is 0 Å². The van der Waals surface area contributed by atoms with Crippen molar-refractivity contribution in [3.8, 4) is 0 Å². The van der Waals surface area contributed by atoms with Crippen LogP contribution in [0.1, 0.15) is 30.1 Å². The second kappa shape index (κ2) is 8.08. The maximum Gasteiger partial charge on any atom is 0.338 e. The van der Waals surface area contributed by atoms with Gasteiger partial charge in [-0.25, -0.2) is 9.59 Å². The summed E-state index contributed by atoms with van der Waals surface area (Å²) in [6.07, 6.45) is 1.76. The van der Waals surface area contributed by atoms with Gasteiger partial charge in [-0.2, -0.15) is 0 Å². The maximum absolute atomic E-state index is 11.6. The highest BCUT2D eigenvalue weighted by Crippen LogP contribution is 2.04. The second-order valence-corrected chi connectivity index (χ2v) is 4.04. The van der Waals surface area contributed by atoms with Crippen molar-refractivity contribution >= 4 is 11.9 Å². The Balaban J connectivity index is 2.34. The van der Waals surface area contributed by atoms with Crippen molar-refractivity contribution in [2.45, 2.75) is 19.8 Å². The second-order valence-electron chi connectivity index (χ2n) is 4.04. The number of benzene rings is 1. The van der Waals surface area contributed by atoms with Crippen LogP contribution in [0.3, 0.4) is 0 Å². The average Bonchev–Trinajstić information content (AvgIpc) is 2.45. The Morgan fingerprint density at radius 3 is 2.47 bits per heavy atom. The van der Waals surface area contributed by atoms with Crippen LogP contribution < -0.4 is 0 Å². The van der Waals surface area contributed by atoms with E-state index >= 15 is 0 Å². The number of carbonyl (C=O) groups is 2. The molecule has 102 valence electrons. The van der Waals surface area contributed by atoms with Gasteiger partial charge in [0.1, 0.15) is 6.61 Å². The summed E-state index contributed by atoms with van der Waals surface area (Å²) in [5.74, 6) is -1.00. The summed E-state index contributed by atoms with van der Waals surface area (Å²) in [5, 5.41) is 0. The first-order valence-corrected chi connectivity index (χ1v) is 6.22. The number of hydrogen-bond donors (Lipinski definition) is 0. The van der Waals surface area contributed by atoms with Crippen molar-refractivity contribution in [2.24, 2.45) is 0 Å². The normalized spacial score (nSPS) is 9.74. The van der Waals surface area contributed by atoms with Gasteiger partial charge in [0, 0.05) is 0 Å². The van der Waals surface area contributed by atoms with E-state index in [9.17, 15) is 9.59 Å². The molecule has 19 heavy (non-hydrogen) atoms. The molecule has 1 aromatic rings. The molecule has 0 spiro atoms. The standard InChI is InChI=1S/C15H18O4/c1-3-4-10-18-14(16)12(2)11-19-15(17)13-8-6-5-7-9-13/h5-9H,2-4,10-11H2,1H3. The molecule has 0 aromatic heterocycles. The molecule has 0 heterocycles. The SMILES string of the molecule is C=C(COC(=O)c1ccccc1)C(=O)OCCCC. The number of rotatable bonds is 7. The lowest BCUT2D eigenvalue weighted by molar-refractivity contribution is -0.139. The minimum atomic E-state index is -0.519. The molecule has 0 bridgehead atoms. The van der Waals surface area contributed by atoms with E-state index < -0.39 is 11.9 Å². The highest BCUT2D eigenvalue weighted by Gasteiger charge is 2.12. The summed E-state index contributed by atoms with van der Waals surface area (Å²) in [6.45, 7) is 5.76. The maximum atomic E-state index is 11.6. The molecule has 0 saturated heterocycles. The molecule has 1 aromatic carbocycles. The average molecular weight is 262 g/mol. The molecule has 4 heteroatoms. The molecular formula is C15H18O4. The first-order chi connectivity index (χ1) is 9.15. The molecule has 0 fully saturated rings. The van der Waals surface area contributed by atoms with Crippen LogP contribution in [0.5, 0.6) is 0 Å². The number of esters is 2. The Morgan fingerprint density at radius 1 is 1.16 bits per heavy atom. The molecule has 0 atom stereocenters. The van der Waals surface area contributed by atoms with Gasteiger partial charge >= 0.3 is 11.9 Å². The Morgan fingerprint density at radius 2 is 1.84 bits per heavy atom. The van der Waals surface area contributed by atoms with E-state index in [0.717, 1.165) is 12.8 Å². The first kappa shape index (κ1) is 15.0. The summed E-state index contributed by atoms with van der Waals surface area (Å²) in [7, 11) is 0. The highest BCUT2D eigenvalue weighted by atomic mass is 16.5. The van der Waals surface area contributed by atoms with Crippen LogP contribution in [-0.2, 0) is 14.3 Å². The highest BCUT2D eigenvalue weighted by molar-refractivity contribution is 5.91. The quantitative estimate of drug-likeness (QED) is 0.431. The minimum Gasteiger partial charge on any atom is -0.462 e. The van der Waals surface area contributed by atoms with Crippen molar-refractivity contribution in [1.82, 2.24) is 0 Å². The molecule has 0 radical (unpaired) electrons.